The first kappa shape index (κ1) is 8.18. The van der Waals surface area contributed by atoms with Crippen molar-refractivity contribution in [3.05, 3.63) is 29.3 Å². The normalized spacial score (nSPS) is 10.1. The van der Waals surface area contributed by atoms with Crippen LogP contribution in [0.5, 0.6) is 0 Å². The van der Waals surface area contributed by atoms with Gasteiger partial charge in [0.05, 0.1) is 5.69 Å². The Hall–Kier alpha value is -0.920. The van der Waals surface area contributed by atoms with Gasteiger partial charge in [0, 0.05) is 5.69 Å². The van der Waals surface area contributed by atoms with Crippen LogP contribution in [0.4, 0.5) is 4.39 Å². The van der Waals surface area contributed by atoms with E-state index in [1.54, 1.807) is 13.0 Å². The Morgan fingerprint density at radius 3 is 2.73 bits per heavy atom. The molecule has 0 N–H and O–H groups in total. The topological polar surface area (TPSA) is 12.9 Å². The van der Waals surface area contributed by atoms with Crippen molar-refractivity contribution in [2.45, 2.75) is 26.7 Å². The zero-order chi connectivity index (χ0) is 8.27. The third-order valence-electron chi connectivity index (χ3n) is 1.59. The molecule has 2 heteroatoms. The van der Waals surface area contributed by atoms with Gasteiger partial charge in [-0.2, -0.15) is 0 Å². The molecule has 0 spiro atoms. The summed E-state index contributed by atoms with van der Waals surface area (Å²) in [7, 11) is 0. The number of pyridine rings is 1. The first-order valence-electron chi connectivity index (χ1n) is 3.86. The molecule has 1 aromatic rings. The summed E-state index contributed by atoms with van der Waals surface area (Å²) >= 11 is 0. The molecular formula is C9H12FN. The molecule has 1 rings (SSSR count). The summed E-state index contributed by atoms with van der Waals surface area (Å²) in [6, 6.07) is 3.22. The second-order valence-corrected chi connectivity index (χ2v) is 2.62. The maximum absolute atomic E-state index is 12.7. The molecule has 1 nitrogen and oxygen atoms in total. The number of nitrogens with zero attached hydrogens (tertiary/aromatic N) is 1. The van der Waals surface area contributed by atoms with E-state index in [9.17, 15) is 4.39 Å². The van der Waals surface area contributed by atoms with Crippen molar-refractivity contribution < 1.29 is 4.39 Å². The summed E-state index contributed by atoms with van der Waals surface area (Å²) in [4.78, 5) is 4.09. The highest BCUT2D eigenvalue weighted by Gasteiger charge is 1.98. The van der Waals surface area contributed by atoms with Crippen molar-refractivity contribution in [3.63, 3.8) is 0 Å². The number of aryl methyl sites for hydroxylation is 2. The molecule has 0 saturated carbocycles. The summed E-state index contributed by atoms with van der Waals surface area (Å²) in [5.41, 5.74) is 1.47. The monoisotopic (exact) mass is 153 g/mol. The Morgan fingerprint density at radius 2 is 2.18 bits per heavy atom. The van der Waals surface area contributed by atoms with Gasteiger partial charge in [0.25, 0.3) is 0 Å². The van der Waals surface area contributed by atoms with Crippen LogP contribution in [0.1, 0.15) is 24.7 Å². The van der Waals surface area contributed by atoms with Crippen molar-refractivity contribution >= 4 is 0 Å². The summed E-state index contributed by atoms with van der Waals surface area (Å²) in [5, 5.41) is 0. The lowest BCUT2D eigenvalue weighted by Crippen LogP contribution is -1.93. The fourth-order valence-electron chi connectivity index (χ4n) is 0.991. The van der Waals surface area contributed by atoms with Gasteiger partial charge in [-0.05, 0) is 25.5 Å². The molecule has 11 heavy (non-hydrogen) atoms. The van der Waals surface area contributed by atoms with Gasteiger partial charge in [-0.1, -0.05) is 13.3 Å². The van der Waals surface area contributed by atoms with Crippen molar-refractivity contribution in [1.29, 1.82) is 0 Å². The maximum Gasteiger partial charge on any atom is 0.144 e. The first-order chi connectivity index (χ1) is 5.24. The van der Waals surface area contributed by atoms with E-state index in [4.69, 9.17) is 0 Å². The minimum absolute atomic E-state index is 0.218. The molecule has 0 fully saturated rings. The van der Waals surface area contributed by atoms with Gasteiger partial charge in [0.2, 0.25) is 0 Å². The predicted octanol–water partition coefficient (Wildman–Crippen LogP) is 2.48. The second kappa shape index (κ2) is 3.46. The van der Waals surface area contributed by atoms with Crippen molar-refractivity contribution in [2.24, 2.45) is 0 Å². The zero-order valence-electron chi connectivity index (χ0n) is 6.89. The van der Waals surface area contributed by atoms with Gasteiger partial charge < -0.3 is 0 Å². The lowest BCUT2D eigenvalue weighted by Gasteiger charge is -1.99. The number of hydrogen-bond acceptors (Lipinski definition) is 1. The second-order valence-electron chi connectivity index (χ2n) is 2.62. The first-order valence-corrected chi connectivity index (χ1v) is 3.86. The Labute approximate surface area is 66.3 Å². The smallest absolute Gasteiger partial charge is 0.144 e. The van der Waals surface area contributed by atoms with Gasteiger partial charge in [-0.3, -0.25) is 4.98 Å². The predicted molar refractivity (Wildman–Crippen MR) is 42.9 cm³/mol. The number of aromatic nitrogens is 1. The average molecular weight is 153 g/mol. The Kier molecular flexibility index (Phi) is 2.58. The quantitative estimate of drug-likeness (QED) is 0.636. The molecule has 0 amide bonds. The highest BCUT2D eigenvalue weighted by molar-refractivity contribution is 5.12. The van der Waals surface area contributed by atoms with Crippen LogP contribution < -0.4 is 0 Å². The highest BCUT2D eigenvalue weighted by Crippen LogP contribution is 2.05. The van der Waals surface area contributed by atoms with E-state index in [2.05, 4.69) is 11.9 Å². The van der Waals surface area contributed by atoms with Gasteiger partial charge in [0.15, 0.2) is 0 Å². The fourth-order valence-corrected chi connectivity index (χ4v) is 0.991. The molecule has 1 aromatic heterocycles. The molecule has 0 atom stereocenters. The van der Waals surface area contributed by atoms with Crippen LogP contribution in [0.15, 0.2) is 12.1 Å². The Morgan fingerprint density at radius 1 is 1.45 bits per heavy atom. The molecule has 0 aromatic carbocycles. The standard InChI is InChI=1S/C9H12FN/c1-3-4-8-5-6-9(10)7(2)11-8/h5-6H,3-4H2,1-2H3. The molecular weight excluding hydrogens is 141 g/mol. The van der Waals surface area contributed by atoms with Gasteiger partial charge in [-0.15, -0.1) is 0 Å². The van der Waals surface area contributed by atoms with E-state index in [1.807, 2.05) is 0 Å². The molecule has 0 radical (unpaired) electrons. The number of hydrogen-bond donors (Lipinski definition) is 0. The number of halogens is 1. The molecule has 0 unspecified atom stereocenters. The highest BCUT2D eigenvalue weighted by atomic mass is 19.1. The minimum Gasteiger partial charge on any atom is -0.255 e. The minimum atomic E-state index is -0.218. The van der Waals surface area contributed by atoms with Crippen LogP contribution in [0.3, 0.4) is 0 Å². The Balaban J connectivity index is 2.86. The van der Waals surface area contributed by atoms with Gasteiger partial charge >= 0.3 is 0 Å². The van der Waals surface area contributed by atoms with E-state index in [-0.39, 0.29) is 5.82 Å². The molecule has 0 saturated heterocycles. The molecule has 0 aliphatic carbocycles. The summed E-state index contributed by atoms with van der Waals surface area (Å²) in [6.07, 6.45) is 1.99. The maximum atomic E-state index is 12.7. The van der Waals surface area contributed by atoms with Gasteiger partial charge in [0.1, 0.15) is 5.82 Å². The molecule has 0 aliphatic rings. The lowest BCUT2D eigenvalue weighted by atomic mass is 10.2. The zero-order valence-corrected chi connectivity index (χ0v) is 6.89. The van der Waals surface area contributed by atoms with Gasteiger partial charge in [-0.25, -0.2) is 4.39 Å². The Bertz CT molecular complexity index is 245. The van der Waals surface area contributed by atoms with Crippen molar-refractivity contribution in [1.82, 2.24) is 4.98 Å². The van der Waals surface area contributed by atoms with Crippen LogP contribution >= 0.6 is 0 Å². The molecule has 0 bridgehead atoms. The van der Waals surface area contributed by atoms with Crippen LogP contribution in [-0.2, 0) is 6.42 Å². The molecule has 1 heterocycles. The van der Waals surface area contributed by atoms with Crippen LogP contribution in [-0.4, -0.2) is 4.98 Å². The third-order valence-corrected chi connectivity index (χ3v) is 1.59. The summed E-state index contributed by atoms with van der Waals surface area (Å²) < 4.78 is 12.7. The lowest BCUT2D eigenvalue weighted by molar-refractivity contribution is 0.606. The SMILES string of the molecule is CCCc1ccc(F)c(C)n1. The van der Waals surface area contributed by atoms with Crippen LogP contribution in [0.25, 0.3) is 0 Å². The summed E-state index contributed by atoms with van der Waals surface area (Å²) in [5.74, 6) is -0.218. The van der Waals surface area contributed by atoms with E-state index < -0.39 is 0 Å². The summed E-state index contributed by atoms with van der Waals surface area (Å²) in [6.45, 7) is 3.77. The largest absolute Gasteiger partial charge is 0.255 e. The van der Waals surface area contributed by atoms with Crippen molar-refractivity contribution in [3.8, 4) is 0 Å². The van der Waals surface area contributed by atoms with E-state index in [0.29, 0.717) is 5.69 Å². The third kappa shape index (κ3) is 2.00. The van der Waals surface area contributed by atoms with Crippen LogP contribution in [0, 0.1) is 12.7 Å². The molecule has 0 aliphatic heterocycles. The fraction of sp³-hybridized carbons (Fsp3) is 0.444. The number of rotatable bonds is 2. The van der Waals surface area contributed by atoms with E-state index >= 15 is 0 Å². The average Bonchev–Trinajstić information content (AvgIpc) is 1.98. The molecule has 60 valence electrons. The van der Waals surface area contributed by atoms with E-state index in [0.717, 1.165) is 18.5 Å². The van der Waals surface area contributed by atoms with Crippen LogP contribution in [0.2, 0.25) is 0 Å². The van der Waals surface area contributed by atoms with Crippen molar-refractivity contribution in [2.75, 3.05) is 0 Å². The van der Waals surface area contributed by atoms with E-state index in [1.165, 1.54) is 6.07 Å².